The minimum absolute atomic E-state index is 0.385. The number of hydrogen-bond donors (Lipinski definition) is 1. The van der Waals surface area contributed by atoms with E-state index in [0.717, 1.165) is 29.8 Å². The molecule has 0 aliphatic carbocycles. The smallest absolute Gasteiger partial charge is 0.161 e. The number of alkyl halides is 1. The molecule has 3 nitrogen and oxygen atoms in total. The Hall–Kier alpha value is -1.94. The van der Waals surface area contributed by atoms with Gasteiger partial charge in [-0.1, -0.05) is 25.1 Å². The molecule has 21 heavy (non-hydrogen) atoms. The van der Waals surface area contributed by atoms with E-state index in [1.54, 1.807) is 19.3 Å². The monoisotopic (exact) mass is 285 g/mol. The first-order valence-corrected chi connectivity index (χ1v) is 7.37. The molecular formula is C17H20FN3. The molecule has 2 aromatic rings. The molecule has 1 aliphatic rings. The van der Waals surface area contributed by atoms with E-state index < -0.39 is 5.67 Å². The van der Waals surface area contributed by atoms with E-state index in [4.69, 9.17) is 0 Å². The molecule has 1 N–H and O–H groups in total. The van der Waals surface area contributed by atoms with Crippen LogP contribution >= 0.6 is 0 Å². The van der Waals surface area contributed by atoms with Gasteiger partial charge in [-0.2, -0.15) is 0 Å². The fourth-order valence-corrected chi connectivity index (χ4v) is 3.04. The third-order valence-electron chi connectivity index (χ3n) is 4.02. The lowest BCUT2D eigenvalue weighted by molar-refractivity contribution is 0.155. The average molecular weight is 285 g/mol. The van der Waals surface area contributed by atoms with Crippen LogP contribution in [0.15, 0.2) is 48.8 Å². The van der Waals surface area contributed by atoms with Crippen molar-refractivity contribution in [3.8, 4) is 0 Å². The molecule has 1 aromatic carbocycles. The number of hydrogen-bond acceptors (Lipinski definition) is 3. The van der Waals surface area contributed by atoms with Gasteiger partial charge in [0.1, 0.15) is 6.04 Å². The summed E-state index contributed by atoms with van der Waals surface area (Å²) < 4.78 is 15.5. The predicted molar refractivity (Wildman–Crippen MR) is 82.7 cm³/mol. The number of benzene rings is 1. The summed E-state index contributed by atoms with van der Waals surface area (Å²) in [7, 11) is 0. The summed E-state index contributed by atoms with van der Waals surface area (Å²) in [6.07, 6.45) is 4.42. The van der Waals surface area contributed by atoms with Crippen molar-refractivity contribution in [3.05, 3.63) is 59.9 Å². The number of rotatable bonds is 4. The zero-order chi connectivity index (χ0) is 14.9. The van der Waals surface area contributed by atoms with Crippen LogP contribution in [-0.4, -0.2) is 11.5 Å². The first kappa shape index (κ1) is 14.0. The third-order valence-corrected chi connectivity index (χ3v) is 4.02. The maximum Gasteiger partial charge on any atom is 0.161 e. The first-order valence-electron chi connectivity index (χ1n) is 7.37. The summed E-state index contributed by atoms with van der Waals surface area (Å²) in [4.78, 5) is 4.04. The lowest BCUT2D eigenvalue weighted by Crippen LogP contribution is -2.42. The molecule has 1 aromatic heterocycles. The Labute approximate surface area is 124 Å². The van der Waals surface area contributed by atoms with Crippen molar-refractivity contribution < 1.29 is 4.39 Å². The van der Waals surface area contributed by atoms with Gasteiger partial charge in [-0.15, -0.1) is 0 Å². The molecule has 2 heterocycles. The fraction of sp³-hybridized carbons (Fsp3) is 0.353. The third kappa shape index (κ3) is 2.29. The Balaban J connectivity index is 2.09. The summed E-state index contributed by atoms with van der Waals surface area (Å²) in [6, 6.07) is 11.1. The van der Waals surface area contributed by atoms with E-state index in [9.17, 15) is 0 Å². The molecule has 2 atom stereocenters. The number of fused-ring (bicyclic) bond motifs is 1. The van der Waals surface area contributed by atoms with Crippen molar-refractivity contribution in [2.24, 2.45) is 0 Å². The van der Waals surface area contributed by atoms with E-state index in [2.05, 4.69) is 17.3 Å². The van der Waals surface area contributed by atoms with Crippen molar-refractivity contribution in [2.45, 2.75) is 32.0 Å². The number of para-hydroxylation sites is 1. The molecule has 0 amide bonds. The standard InChI is InChI=1S/C17H20FN3/c1-3-10-20-21-15-7-5-4-6-14(15)17(2,18)16(21)13-8-11-19-12-9-13/h4-9,11-12,16,20H,3,10H2,1-2H3. The van der Waals surface area contributed by atoms with Gasteiger partial charge < -0.3 is 0 Å². The highest BCUT2D eigenvalue weighted by Gasteiger charge is 2.49. The molecule has 4 heteroatoms. The van der Waals surface area contributed by atoms with Crippen LogP contribution in [0.5, 0.6) is 0 Å². The Bertz CT molecular complexity index is 612. The second-order valence-corrected chi connectivity index (χ2v) is 5.55. The molecule has 0 spiro atoms. The highest BCUT2D eigenvalue weighted by molar-refractivity contribution is 5.63. The Morgan fingerprint density at radius 3 is 2.67 bits per heavy atom. The summed E-state index contributed by atoms with van der Waals surface area (Å²) >= 11 is 0. The molecule has 2 unspecified atom stereocenters. The molecule has 1 aliphatic heterocycles. The lowest BCUT2D eigenvalue weighted by Gasteiger charge is -2.32. The normalized spacial score (nSPS) is 24.1. The van der Waals surface area contributed by atoms with E-state index in [1.165, 1.54) is 0 Å². The number of pyridine rings is 1. The second kappa shape index (κ2) is 5.45. The molecule has 0 radical (unpaired) electrons. The molecule has 0 saturated carbocycles. The van der Waals surface area contributed by atoms with Gasteiger partial charge in [0, 0.05) is 24.5 Å². The zero-order valence-corrected chi connectivity index (χ0v) is 12.4. The van der Waals surface area contributed by atoms with Crippen LogP contribution in [-0.2, 0) is 5.67 Å². The van der Waals surface area contributed by atoms with E-state index in [1.807, 2.05) is 41.4 Å². The van der Waals surface area contributed by atoms with Crippen LogP contribution in [0, 0.1) is 0 Å². The van der Waals surface area contributed by atoms with Gasteiger partial charge in [0.05, 0.1) is 5.69 Å². The Kier molecular flexibility index (Phi) is 3.64. The van der Waals surface area contributed by atoms with Crippen LogP contribution < -0.4 is 10.4 Å². The summed E-state index contributed by atoms with van der Waals surface area (Å²) in [5.74, 6) is 0. The molecule has 0 fully saturated rings. The number of hydrazine groups is 1. The minimum atomic E-state index is -1.45. The molecule has 0 bridgehead atoms. The summed E-state index contributed by atoms with van der Waals surface area (Å²) in [6.45, 7) is 4.57. The molecule has 110 valence electrons. The van der Waals surface area contributed by atoms with E-state index in [-0.39, 0.29) is 6.04 Å². The fourth-order valence-electron chi connectivity index (χ4n) is 3.04. The minimum Gasteiger partial charge on any atom is -0.297 e. The van der Waals surface area contributed by atoms with Crippen molar-refractivity contribution in [3.63, 3.8) is 0 Å². The van der Waals surface area contributed by atoms with Gasteiger partial charge in [0.15, 0.2) is 5.67 Å². The highest BCUT2D eigenvalue weighted by Crippen LogP contribution is 2.52. The van der Waals surface area contributed by atoms with Gasteiger partial charge in [-0.05, 0) is 37.1 Å². The second-order valence-electron chi connectivity index (χ2n) is 5.55. The van der Waals surface area contributed by atoms with Crippen LogP contribution in [0.25, 0.3) is 0 Å². The summed E-state index contributed by atoms with van der Waals surface area (Å²) in [5.41, 5.74) is 4.49. The largest absolute Gasteiger partial charge is 0.297 e. The molecule has 0 saturated heterocycles. The van der Waals surface area contributed by atoms with Gasteiger partial charge in [0.2, 0.25) is 0 Å². The Morgan fingerprint density at radius 1 is 1.24 bits per heavy atom. The van der Waals surface area contributed by atoms with Gasteiger partial charge >= 0.3 is 0 Å². The maximum absolute atomic E-state index is 15.5. The number of nitrogens with zero attached hydrogens (tertiary/aromatic N) is 2. The van der Waals surface area contributed by atoms with Gasteiger partial charge in [-0.25, -0.2) is 9.82 Å². The maximum atomic E-state index is 15.5. The average Bonchev–Trinajstić information content (AvgIpc) is 2.74. The number of anilines is 1. The van der Waals surface area contributed by atoms with Crippen LogP contribution in [0.4, 0.5) is 10.1 Å². The number of nitrogens with one attached hydrogen (secondary N) is 1. The molecular weight excluding hydrogens is 265 g/mol. The van der Waals surface area contributed by atoms with Crippen molar-refractivity contribution in [2.75, 3.05) is 11.6 Å². The Morgan fingerprint density at radius 2 is 1.95 bits per heavy atom. The highest BCUT2D eigenvalue weighted by atomic mass is 19.1. The topological polar surface area (TPSA) is 28.2 Å². The summed E-state index contributed by atoms with van der Waals surface area (Å²) in [5, 5.41) is 1.97. The van der Waals surface area contributed by atoms with Gasteiger partial charge in [-0.3, -0.25) is 9.99 Å². The van der Waals surface area contributed by atoms with E-state index in [0.29, 0.717) is 0 Å². The van der Waals surface area contributed by atoms with Gasteiger partial charge in [0.25, 0.3) is 0 Å². The van der Waals surface area contributed by atoms with Crippen LogP contribution in [0.1, 0.15) is 37.4 Å². The number of halogens is 1. The molecule has 3 rings (SSSR count). The lowest BCUT2D eigenvalue weighted by atomic mass is 9.89. The first-order chi connectivity index (χ1) is 10.2. The quantitative estimate of drug-likeness (QED) is 0.927. The van der Waals surface area contributed by atoms with Crippen LogP contribution in [0.2, 0.25) is 0 Å². The van der Waals surface area contributed by atoms with E-state index >= 15 is 4.39 Å². The van der Waals surface area contributed by atoms with Crippen molar-refractivity contribution >= 4 is 5.69 Å². The van der Waals surface area contributed by atoms with Crippen molar-refractivity contribution in [1.82, 2.24) is 10.4 Å². The van der Waals surface area contributed by atoms with Crippen LogP contribution in [0.3, 0.4) is 0 Å². The number of aromatic nitrogens is 1. The predicted octanol–water partition coefficient (Wildman–Crippen LogP) is 3.74. The SMILES string of the molecule is CCCNN1c2ccccc2C(C)(F)C1c1ccncc1. The zero-order valence-electron chi connectivity index (χ0n) is 12.4. The van der Waals surface area contributed by atoms with Crippen molar-refractivity contribution in [1.29, 1.82) is 0 Å².